The fourth-order valence-corrected chi connectivity index (χ4v) is 8.71. The number of amides is 1. The highest BCUT2D eigenvalue weighted by Crippen LogP contribution is 2.61. The Morgan fingerprint density at radius 1 is 1.13 bits per heavy atom. The molecule has 4 unspecified atom stereocenters. The summed E-state index contributed by atoms with van der Waals surface area (Å²) in [5.74, 6) is -2.94. The number of nitrogens with zero attached hydrogens (tertiary/aromatic N) is 3. The molecule has 1 aromatic carbocycles. The van der Waals surface area contributed by atoms with Gasteiger partial charge in [0.05, 0.1) is 12.2 Å². The number of anilines is 2. The number of nitrogens with one attached hydrogen (secondary N) is 1. The van der Waals surface area contributed by atoms with Crippen molar-refractivity contribution in [2.24, 2.45) is 23.7 Å². The SMILES string of the molecule is O=C(NC1(C(=O)O)C2CC3C[C@@H]1CC(F)(C3)C2)c1cnc(N2CCc3cc(OCCC4CCOCC4)ccc32)nc1C(F)(F)F. The first-order valence-electron chi connectivity index (χ1n) is 15.8. The van der Waals surface area contributed by atoms with E-state index >= 15 is 4.39 Å². The number of carbonyl (C=O) groups excluding carboxylic acids is 1. The molecule has 2 N–H and O–H groups in total. The Labute approximate surface area is 257 Å². The zero-order chi connectivity index (χ0) is 31.6. The van der Waals surface area contributed by atoms with E-state index in [2.05, 4.69) is 15.3 Å². The van der Waals surface area contributed by atoms with E-state index in [1.165, 1.54) is 0 Å². The minimum atomic E-state index is -5.02. The van der Waals surface area contributed by atoms with Gasteiger partial charge in [0, 0.05) is 31.6 Å². The molecule has 2 aromatic rings. The van der Waals surface area contributed by atoms with Crippen molar-refractivity contribution >= 4 is 23.5 Å². The van der Waals surface area contributed by atoms with Crippen LogP contribution in [0.1, 0.15) is 73.0 Å². The average Bonchev–Trinajstić information content (AvgIpc) is 3.41. The number of alkyl halides is 4. The number of aliphatic carboxylic acids is 1. The van der Waals surface area contributed by atoms with Gasteiger partial charge in [-0.05, 0) is 105 Å². The zero-order valence-electron chi connectivity index (χ0n) is 24.7. The van der Waals surface area contributed by atoms with Crippen LogP contribution in [0.15, 0.2) is 24.4 Å². The number of hydrogen-bond acceptors (Lipinski definition) is 7. The second-order valence-corrected chi connectivity index (χ2v) is 13.4. The molecule has 3 heterocycles. The fraction of sp³-hybridized carbons (Fsp3) is 0.625. The quantitative estimate of drug-likeness (QED) is 0.368. The Hall–Kier alpha value is -3.48. The lowest BCUT2D eigenvalue weighted by Gasteiger charge is -2.61. The lowest BCUT2D eigenvalue weighted by atomic mass is 9.47. The molecule has 9 nitrogen and oxygen atoms in total. The number of rotatable bonds is 8. The van der Waals surface area contributed by atoms with E-state index in [4.69, 9.17) is 9.47 Å². The molecule has 6 aliphatic rings. The summed E-state index contributed by atoms with van der Waals surface area (Å²) < 4.78 is 69.8. The van der Waals surface area contributed by atoms with E-state index in [-0.39, 0.29) is 24.7 Å². The Morgan fingerprint density at radius 2 is 1.87 bits per heavy atom. The van der Waals surface area contributed by atoms with Gasteiger partial charge in [0.1, 0.15) is 17.0 Å². The third kappa shape index (κ3) is 5.40. The van der Waals surface area contributed by atoms with Gasteiger partial charge in [0.15, 0.2) is 5.69 Å². The smallest absolute Gasteiger partial charge is 0.434 e. The van der Waals surface area contributed by atoms with E-state index in [1.807, 2.05) is 6.07 Å². The van der Waals surface area contributed by atoms with Gasteiger partial charge >= 0.3 is 12.1 Å². The Morgan fingerprint density at radius 3 is 2.53 bits per heavy atom. The first-order chi connectivity index (χ1) is 21.4. The van der Waals surface area contributed by atoms with E-state index in [1.54, 1.807) is 17.0 Å². The molecule has 1 aromatic heterocycles. The predicted octanol–water partition coefficient (Wildman–Crippen LogP) is 5.49. The van der Waals surface area contributed by atoms with Crippen molar-refractivity contribution in [1.29, 1.82) is 0 Å². The van der Waals surface area contributed by atoms with Crippen molar-refractivity contribution in [2.75, 3.05) is 31.3 Å². The Balaban J connectivity index is 1.10. The van der Waals surface area contributed by atoms with Crippen molar-refractivity contribution in [2.45, 2.75) is 75.2 Å². The molecule has 8 rings (SSSR count). The molecule has 5 atom stereocenters. The Bertz CT molecular complexity index is 1480. The minimum Gasteiger partial charge on any atom is -0.494 e. The number of aromatic nitrogens is 2. The summed E-state index contributed by atoms with van der Waals surface area (Å²) in [6, 6.07) is 5.42. The molecular weight excluding hydrogens is 596 g/mol. The van der Waals surface area contributed by atoms with Crippen LogP contribution < -0.4 is 15.0 Å². The first-order valence-corrected chi connectivity index (χ1v) is 15.8. The molecule has 0 radical (unpaired) electrons. The van der Waals surface area contributed by atoms with Gasteiger partial charge in [-0.15, -0.1) is 0 Å². The predicted molar refractivity (Wildman–Crippen MR) is 153 cm³/mol. The van der Waals surface area contributed by atoms with Gasteiger partial charge in [-0.1, -0.05) is 0 Å². The number of benzene rings is 1. The second kappa shape index (κ2) is 11.1. The summed E-state index contributed by atoms with van der Waals surface area (Å²) >= 11 is 0. The number of carboxylic acids is 1. The van der Waals surface area contributed by atoms with Gasteiger partial charge in [0.2, 0.25) is 5.95 Å². The third-order valence-corrected chi connectivity index (χ3v) is 10.7. The fourth-order valence-electron chi connectivity index (χ4n) is 8.71. The largest absolute Gasteiger partial charge is 0.494 e. The monoisotopic (exact) mass is 632 g/mol. The molecular formula is C32H36F4N4O5. The standard InChI is InChI=1S/C32H36F4N4O5/c33-30-14-19-11-21(15-30)31(28(42)43,22(12-19)16-30)39-27(41)24-17-37-29(38-26(24)32(34,35)36)40-7-3-20-13-23(1-2-25(20)40)45-10-6-18-4-8-44-9-5-18/h1-2,13,17-19,21-22H,3-12,14-16H2,(H,39,41)(H,42,43)/t19?,21-,22?,30?,31?/m1/s1. The molecule has 4 saturated carbocycles. The van der Waals surface area contributed by atoms with Crippen LogP contribution in [0.4, 0.5) is 29.2 Å². The van der Waals surface area contributed by atoms with Gasteiger partial charge in [-0.3, -0.25) is 4.79 Å². The number of fused-ring (bicyclic) bond motifs is 1. The maximum absolute atomic E-state index is 15.3. The van der Waals surface area contributed by atoms with Crippen LogP contribution in [0, 0.1) is 23.7 Å². The summed E-state index contributed by atoms with van der Waals surface area (Å²) in [6.07, 6.45) is 0.411. The topological polar surface area (TPSA) is 114 Å². The van der Waals surface area contributed by atoms with Crippen LogP contribution in [0.5, 0.6) is 5.75 Å². The van der Waals surface area contributed by atoms with Gasteiger partial charge in [-0.2, -0.15) is 13.2 Å². The van der Waals surface area contributed by atoms with Crippen molar-refractivity contribution in [3.63, 3.8) is 0 Å². The molecule has 1 amide bonds. The van der Waals surface area contributed by atoms with Crippen LogP contribution in [0.2, 0.25) is 0 Å². The molecule has 4 bridgehead atoms. The van der Waals surface area contributed by atoms with Crippen molar-refractivity contribution in [3.8, 4) is 5.75 Å². The summed E-state index contributed by atoms with van der Waals surface area (Å²) in [4.78, 5) is 35.6. The lowest BCUT2D eigenvalue weighted by Crippen LogP contribution is -2.72. The van der Waals surface area contributed by atoms with E-state index in [0.717, 1.165) is 44.2 Å². The van der Waals surface area contributed by atoms with Gasteiger partial charge in [-0.25, -0.2) is 19.2 Å². The average molecular weight is 633 g/mol. The third-order valence-electron chi connectivity index (χ3n) is 10.7. The number of hydrogen-bond donors (Lipinski definition) is 2. The van der Waals surface area contributed by atoms with E-state index in [9.17, 15) is 27.9 Å². The van der Waals surface area contributed by atoms with E-state index in [0.29, 0.717) is 56.2 Å². The van der Waals surface area contributed by atoms with Crippen molar-refractivity contribution in [3.05, 3.63) is 41.2 Å². The van der Waals surface area contributed by atoms with Crippen LogP contribution in [-0.4, -0.2) is 64.5 Å². The number of halogens is 4. The maximum Gasteiger partial charge on any atom is 0.434 e. The van der Waals surface area contributed by atoms with E-state index < -0.39 is 52.4 Å². The normalized spacial score (nSPS) is 30.8. The summed E-state index contributed by atoms with van der Waals surface area (Å²) in [5, 5.41) is 12.8. The van der Waals surface area contributed by atoms with Gasteiger partial charge in [0.25, 0.3) is 5.91 Å². The molecule has 13 heteroatoms. The van der Waals surface area contributed by atoms with Crippen LogP contribution in [-0.2, 0) is 22.1 Å². The summed E-state index contributed by atoms with van der Waals surface area (Å²) in [6.45, 7) is 2.44. The highest BCUT2D eigenvalue weighted by atomic mass is 19.4. The molecule has 0 spiro atoms. The van der Waals surface area contributed by atoms with Crippen molar-refractivity contribution in [1.82, 2.24) is 15.3 Å². The molecule has 1 saturated heterocycles. The van der Waals surface area contributed by atoms with Crippen LogP contribution >= 0.6 is 0 Å². The molecule has 242 valence electrons. The Kier molecular flexibility index (Phi) is 7.44. The highest BCUT2D eigenvalue weighted by Gasteiger charge is 2.66. The molecule has 4 aliphatic carbocycles. The number of ether oxygens (including phenoxy) is 2. The van der Waals surface area contributed by atoms with Crippen LogP contribution in [0.3, 0.4) is 0 Å². The lowest BCUT2D eigenvalue weighted by molar-refractivity contribution is -0.174. The second-order valence-electron chi connectivity index (χ2n) is 13.4. The summed E-state index contributed by atoms with van der Waals surface area (Å²) in [5.41, 5.74) is -4.11. The number of carbonyl (C=O) groups is 2. The highest BCUT2D eigenvalue weighted by molar-refractivity contribution is 5.99. The maximum atomic E-state index is 15.3. The first kappa shape index (κ1) is 30.2. The van der Waals surface area contributed by atoms with Crippen LogP contribution in [0.25, 0.3) is 0 Å². The minimum absolute atomic E-state index is 0.00768. The van der Waals surface area contributed by atoms with Crippen molar-refractivity contribution < 1.29 is 41.7 Å². The number of carboxylic acid groups (broad SMARTS) is 1. The summed E-state index contributed by atoms with van der Waals surface area (Å²) in [7, 11) is 0. The van der Waals surface area contributed by atoms with Gasteiger partial charge < -0.3 is 24.8 Å². The molecule has 2 aliphatic heterocycles. The molecule has 45 heavy (non-hydrogen) atoms. The molecule has 5 fully saturated rings. The zero-order valence-corrected chi connectivity index (χ0v) is 24.7.